The summed E-state index contributed by atoms with van der Waals surface area (Å²) in [6.45, 7) is 0. The van der Waals surface area contributed by atoms with Gasteiger partial charge in [-0.15, -0.1) is 0 Å². The molecule has 0 aromatic rings. The molecule has 0 atom stereocenters. The molecule has 0 unspecified atom stereocenters. The second kappa shape index (κ2) is 41.2. The summed E-state index contributed by atoms with van der Waals surface area (Å²) in [6.07, 6.45) is 0. The van der Waals surface area contributed by atoms with Crippen LogP contribution in [0.4, 0.5) is 0 Å². The smallest absolute Gasteiger partial charge is 0 e. The van der Waals surface area contributed by atoms with E-state index in [1.807, 2.05) is 15.8 Å². The van der Waals surface area contributed by atoms with Crippen LogP contribution >= 0.6 is 0 Å². The van der Waals surface area contributed by atoms with Gasteiger partial charge in [-0.25, -0.2) is 0 Å². The van der Waals surface area contributed by atoms with Gasteiger partial charge in [-0.3, -0.25) is 0 Å². The van der Waals surface area contributed by atoms with E-state index >= 15 is 0 Å². The van der Waals surface area contributed by atoms with Crippen LogP contribution in [-0.4, -0.2) is 34.6 Å². The van der Waals surface area contributed by atoms with Gasteiger partial charge in [0.25, 0.3) is 0 Å². The first-order valence-electron chi connectivity index (χ1n) is 0.378. The summed E-state index contributed by atoms with van der Waals surface area (Å²) >= 11 is 4.75. The molecule has 2 radical (unpaired) electrons. The Morgan fingerprint density at radius 2 is 1.17 bits per heavy atom. The van der Waals surface area contributed by atoms with Crippen molar-refractivity contribution in [2.45, 2.75) is 0 Å². The molecule has 0 aromatic heterocycles. The Morgan fingerprint density at radius 1 is 1.17 bits per heavy atom. The van der Waals surface area contributed by atoms with E-state index in [2.05, 4.69) is 13.8 Å². The van der Waals surface area contributed by atoms with E-state index in [1.54, 1.807) is 0 Å². The minimum atomic E-state index is 0. The van der Waals surface area contributed by atoms with E-state index < -0.39 is 0 Å². The second-order valence-corrected chi connectivity index (χ2v) is 0. The molecule has 0 aliphatic heterocycles. The van der Waals surface area contributed by atoms with Crippen LogP contribution in [0.2, 0.25) is 0 Å². The molecule has 0 aromatic carbocycles. The average molecular weight is 242 g/mol. The quantitative estimate of drug-likeness (QED) is 0.476. The molecule has 0 spiro atoms. The molecule has 0 heterocycles. The van der Waals surface area contributed by atoms with Crippen molar-refractivity contribution in [1.29, 1.82) is 0 Å². The first-order chi connectivity index (χ1) is 1.00. The van der Waals surface area contributed by atoms with Crippen molar-refractivity contribution in [2.75, 3.05) is 0 Å². The predicted molar refractivity (Wildman–Crippen MR) is 12.9 cm³/mol. The average Bonchev–Trinajstić information content (AvgIpc) is 1.00. The Hall–Kier alpha value is 3.23. The van der Waals surface area contributed by atoms with Gasteiger partial charge in [0.2, 0.25) is 0 Å². The molecule has 6 heteroatoms. The van der Waals surface area contributed by atoms with Crippen LogP contribution in [0.1, 0.15) is 0 Å². The molecular weight excluding hydrogens is 241 g/mol. The zero-order valence-electron chi connectivity index (χ0n) is 2.41. The summed E-state index contributed by atoms with van der Waals surface area (Å²) in [5.74, 6) is 0. The van der Waals surface area contributed by atoms with Gasteiger partial charge in [0, 0.05) is 50.3 Å². The maximum Gasteiger partial charge on any atom is 0 e. The zero-order chi connectivity index (χ0) is 2.00. The van der Waals surface area contributed by atoms with Gasteiger partial charge in [-0.1, -0.05) is 0 Å². The minimum Gasteiger partial charge on any atom is 0 e. The first-order valence-corrected chi connectivity index (χ1v) is 1.56. The molecule has 0 saturated carbocycles. The van der Waals surface area contributed by atoms with Gasteiger partial charge >= 0.3 is 48.5 Å². The van der Waals surface area contributed by atoms with E-state index in [0.29, 0.717) is 0 Å². The fraction of sp³-hybridized carbons (Fsp3) is 0. The van der Waals surface area contributed by atoms with Crippen LogP contribution in [0.5, 0.6) is 0 Å². The van der Waals surface area contributed by atoms with E-state index in [4.69, 9.17) is 0 Å². The third-order valence-corrected chi connectivity index (χ3v) is 0. The van der Waals surface area contributed by atoms with E-state index in [9.17, 15) is 0 Å². The van der Waals surface area contributed by atoms with Crippen LogP contribution in [0.15, 0.2) is 0 Å². The van der Waals surface area contributed by atoms with Gasteiger partial charge < -0.3 is 0 Å². The summed E-state index contributed by atoms with van der Waals surface area (Å²) in [5, 5.41) is 0. The summed E-state index contributed by atoms with van der Waals surface area (Å²) in [6, 6.07) is 0. The zero-order valence-corrected chi connectivity index (χ0v) is 6.79. The molecule has 0 bridgehead atoms. The van der Waals surface area contributed by atoms with Crippen molar-refractivity contribution in [3.05, 3.63) is 0 Å². The second-order valence-electron chi connectivity index (χ2n) is 0. The van der Waals surface area contributed by atoms with Crippen LogP contribution < -0.4 is 0 Å². The van der Waals surface area contributed by atoms with Gasteiger partial charge in [-0.05, 0) is 0 Å². The Labute approximate surface area is 97.2 Å². The molecule has 0 aliphatic carbocycles. The topological polar surface area (TPSA) is 0 Å². The van der Waals surface area contributed by atoms with Crippen molar-refractivity contribution in [3.63, 3.8) is 0 Å². The van der Waals surface area contributed by atoms with E-state index in [-0.39, 0.29) is 69.2 Å². The molecule has 0 fully saturated rings. The Balaban J connectivity index is -0.000000000833. The Kier molecular flexibility index (Phi) is 240. The van der Waals surface area contributed by atoms with Crippen molar-refractivity contribution in [2.24, 2.45) is 0 Å². The van der Waals surface area contributed by atoms with Crippen molar-refractivity contribution in [1.82, 2.24) is 0 Å². The first kappa shape index (κ1) is 34.9. The molecular formula is HCoLi2Mn2Ni. The van der Waals surface area contributed by atoms with Gasteiger partial charge in [0.15, 0.2) is 0 Å². The molecule has 0 nitrogen and oxygen atoms in total. The third-order valence-electron chi connectivity index (χ3n) is 0. The standard InChI is InChI=1S/Co.2Li.2Mn.Ni.H. The van der Waals surface area contributed by atoms with Crippen LogP contribution in [-0.2, 0) is 64.2 Å². The minimum absolute atomic E-state index is 0. The maximum absolute atomic E-state index is 2.94. The largest absolute Gasteiger partial charge is 0 e. The van der Waals surface area contributed by atoms with Crippen molar-refractivity contribution < 1.29 is 64.2 Å². The monoisotopic (exact) mass is 242 g/mol. The normalized spacial score (nSPS) is 1.17. The fourth-order valence-corrected chi connectivity index (χ4v) is 0. The molecule has 0 aliphatic rings. The molecule has 0 amide bonds. The summed E-state index contributed by atoms with van der Waals surface area (Å²) in [4.78, 5) is 0. The molecule has 0 saturated heterocycles. The third kappa shape index (κ3) is 26.9. The molecule has 6 heavy (non-hydrogen) atoms. The van der Waals surface area contributed by atoms with Crippen LogP contribution in [0, 0.1) is 0 Å². The number of hydrogen-bond donors (Lipinski definition) is 0. The molecule has 36 valence electrons. The summed E-state index contributed by atoms with van der Waals surface area (Å²) in [5.41, 5.74) is 0. The summed E-state index contributed by atoms with van der Waals surface area (Å²) < 4.78 is 0. The predicted octanol–water partition coefficient (Wildman–Crippen LogP) is -1.04. The van der Waals surface area contributed by atoms with Crippen molar-refractivity contribution in [3.8, 4) is 0 Å². The Bertz CT molecular complexity index is 11.5. The number of hydrogen-bond acceptors (Lipinski definition) is 0. The van der Waals surface area contributed by atoms with Crippen LogP contribution in [0.3, 0.4) is 0 Å². The van der Waals surface area contributed by atoms with Crippen molar-refractivity contribution >= 4 is 34.6 Å². The van der Waals surface area contributed by atoms with Gasteiger partial charge in [0.05, 0.1) is 0 Å². The molecule has 0 N–H and O–H groups in total. The number of rotatable bonds is 0. The SMILES string of the molecule is [Co].[LiH].[Li][Mn].[Mn].[Ni]. The van der Waals surface area contributed by atoms with Crippen LogP contribution in [0.25, 0.3) is 0 Å². The summed E-state index contributed by atoms with van der Waals surface area (Å²) in [7, 11) is 0. The van der Waals surface area contributed by atoms with Gasteiger partial charge in [0.1, 0.15) is 0 Å². The van der Waals surface area contributed by atoms with Gasteiger partial charge in [-0.2, -0.15) is 0 Å². The fourth-order valence-electron chi connectivity index (χ4n) is 0. The molecule has 0 rings (SSSR count). The van der Waals surface area contributed by atoms with E-state index in [0.717, 1.165) is 0 Å². The van der Waals surface area contributed by atoms with E-state index in [1.165, 1.54) is 0 Å². The Morgan fingerprint density at radius 3 is 1.17 bits per heavy atom. The maximum atomic E-state index is 2.94.